The minimum atomic E-state index is -0.488. The summed E-state index contributed by atoms with van der Waals surface area (Å²) in [6.45, 7) is 0.324. The fourth-order valence-corrected chi connectivity index (χ4v) is 3.73. The number of amides is 1. The average molecular weight is 537 g/mol. The van der Waals surface area contributed by atoms with E-state index in [4.69, 9.17) is 18.6 Å². The van der Waals surface area contributed by atoms with E-state index in [2.05, 4.69) is 26.5 Å². The highest BCUT2D eigenvalue weighted by atomic mass is 79.9. The van der Waals surface area contributed by atoms with E-state index in [1.165, 1.54) is 20.4 Å². The van der Waals surface area contributed by atoms with Crippen LogP contribution >= 0.6 is 15.9 Å². The van der Waals surface area contributed by atoms with E-state index < -0.39 is 5.91 Å². The van der Waals surface area contributed by atoms with Gasteiger partial charge in [-0.2, -0.15) is 5.10 Å². The van der Waals surface area contributed by atoms with Crippen molar-refractivity contribution in [2.45, 2.75) is 6.61 Å². The molecule has 0 unspecified atom stereocenters. The summed E-state index contributed by atoms with van der Waals surface area (Å²) in [5, 5.41) is 4.75. The van der Waals surface area contributed by atoms with E-state index >= 15 is 0 Å². The maximum absolute atomic E-state index is 12.5. The second-order valence-electron chi connectivity index (χ2n) is 7.39. The molecular formula is C26H21BrN2O6. The number of carbonyl (C=O) groups excluding carboxylic acids is 2. The van der Waals surface area contributed by atoms with Crippen LogP contribution in [0.25, 0.3) is 11.0 Å². The molecule has 3 aromatic carbocycles. The lowest BCUT2D eigenvalue weighted by molar-refractivity contribution is 0.0600. The van der Waals surface area contributed by atoms with Gasteiger partial charge in [0.1, 0.15) is 12.4 Å². The van der Waals surface area contributed by atoms with Crippen molar-refractivity contribution in [1.82, 2.24) is 5.43 Å². The molecule has 1 amide bonds. The highest BCUT2D eigenvalue weighted by Crippen LogP contribution is 2.32. The van der Waals surface area contributed by atoms with Crippen molar-refractivity contribution in [3.63, 3.8) is 0 Å². The lowest BCUT2D eigenvalue weighted by Gasteiger charge is -2.07. The van der Waals surface area contributed by atoms with Crippen molar-refractivity contribution in [2.75, 3.05) is 14.2 Å². The summed E-state index contributed by atoms with van der Waals surface area (Å²) in [6.07, 6.45) is 1.51. The number of halogens is 1. The molecule has 4 rings (SSSR count). The number of rotatable bonds is 8. The highest BCUT2D eigenvalue weighted by molar-refractivity contribution is 9.10. The maximum Gasteiger partial charge on any atom is 0.337 e. The van der Waals surface area contributed by atoms with Gasteiger partial charge in [0.2, 0.25) is 0 Å². The van der Waals surface area contributed by atoms with Gasteiger partial charge in [0.05, 0.1) is 26.0 Å². The van der Waals surface area contributed by atoms with Crippen molar-refractivity contribution in [3.05, 3.63) is 93.7 Å². The third-order valence-corrected chi connectivity index (χ3v) is 5.47. The Hall–Kier alpha value is -4.11. The molecule has 35 heavy (non-hydrogen) atoms. The Labute approximate surface area is 209 Å². The maximum atomic E-state index is 12.5. The van der Waals surface area contributed by atoms with Gasteiger partial charge in [0.25, 0.3) is 0 Å². The number of nitrogens with one attached hydrogen (secondary N) is 1. The number of hydrazone groups is 1. The molecule has 0 atom stereocenters. The van der Waals surface area contributed by atoms with Gasteiger partial charge < -0.3 is 18.6 Å². The smallest absolute Gasteiger partial charge is 0.337 e. The Morgan fingerprint density at radius 2 is 1.86 bits per heavy atom. The van der Waals surface area contributed by atoms with Gasteiger partial charge >= 0.3 is 11.9 Å². The molecule has 1 aromatic heterocycles. The Kier molecular flexibility index (Phi) is 7.47. The fraction of sp³-hybridized carbons (Fsp3) is 0.115. The molecule has 0 aliphatic rings. The Balaban J connectivity index is 1.36. The van der Waals surface area contributed by atoms with Crippen LogP contribution in [0.15, 0.2) is 80.7 Å². The molecule has 0 radical (unpaired) electrons. The summed E-state index contributed by atoms with van der Waals surface area (Å²) in [7, 11) is 2.88. The van der Waals surface area contributed by atoms with Crippen LogP contribution in [0.1, 0.15) is 32.0 Å². The second kappa shape index (κ2) is 10.9. The van der Waals surface area contributed by atoms with Gasteiger partial charge in [-0.1, -0.05) is 40.2 Å². The molecule has 0 aliphatic heterocycles. The molecule has 1 N–H and O–H groups in total. The van der Waals surface area contributed by atoms with E-state index in [9.17, 15) is 9.59 Å². The number of methoxy groups -OCH3 is 2. The van der Waals surface area contributed by atoms with Gasteiger partial charge in [-0.05, 0) is 53.6 Å². The molecular weight excluding hydrogens is 516 g/mol. The molecule has 0 saturated heterocycles. The summed E-state index contributed by atoms with van der Waals surface area (Å²) in [6, 6.07) is 19.5. The third-order valence-electron chi connectivity index (χ3n) is 5.01. The molecule has 8 nitrogen and oxygen atoms in total. The molecule has 0 spiro atoms. The molecule has 4 aromatic rings. The SMILES string of the molecule is COC(=O)c1ccc(COc2cccc(C=NNC(=O)c3cc4cc(Br)cc(OC)c4o3)c2)cc1. The average Bonchev–Trinajstić information content (AvgIpc) is 3.31. The van der Waals surface area contributed by atoms with E-state index in [0.717, 1.165) is 21.0 Å². The number of ether oxygens (including phenoxy) is 3. The predicted octanol–water partition coefficient (Wildman–Crippen LogP) is 5.33. The lowest BCUT2D eigenvalue weighted by Crippen LogP contribution is -2.16. The normalized spacial score (nSPS) is 10.9. The number of esters is 1. The molecule has 0 aliphatic carbocycles. The summed E-state index contributed by atoms with van der Waals surface area (Å²) in [5.74, 6) is 0.396. The largest absolute Gasteiger partial charge is 0.493 e. The standard InChI is InChI=1S/C26H21BrN2O6/c1-32-22-13-20(27)11-19-12-23(35-24(19)22)25(30)29-28-14-17-4-3-5-21(10-17)34-15-16-6-8-18(9-7-16)26(31)33-2/h3-14H,15H2,1-2H3,(H,29,30). The van der Waals surface area contributed by atoms with Crippen LogP contribution in [0.5, 0.6) is 11.5 Å². The third kappa shape index (κ3) is 5.88. The summed E-state index contributed by atoms with van der Waals surface area (Å²) < 4.78 is 22.3. The van der Waals surface area contributed by atoms with Gasteiger partial charge in [0, 0.05) is 9.86 Å². The van der Waals surface area contributed by atoms with Crippen LogP contribution in [-0.4, -0.2) is 32.3 Å². The number of furan rings is 1. The highest BCUT2D eigenvalue weighted by Gasteiger charge is 2.15. The van der Waals surface area contributed by atoms with Crippen LogP contribution in [0, 0.1) is 0 Å². The van der Waals surface area contributed by atoms with Crippen molar-refractivity contribution in [1.29, 1.82) is 0 Å². The zero-order chi connectivity index (χ0) is 24.8. The number of fused-ring (bicyclic) bond motifs is 1. The van der Waals surface area contributed by atoms with Crippen LogP contribution in [-0.2, 0) is 11.3 Å². The van der Waals surface area contributed by atoms with E-state index in [1.807, 2.05) is 24.3 Å². The quantitative estimate of drug-likeness (QED) is 0.185. The first-order chi connectivity index (χ1) is 17.0. The van der Waals surface area contributed by atoms with E-state index in [0.29, 0.717) is 29.3 Å². The number of carbonyl (C=O) groups is 2. The first-order valence-electron chi connectivity index (χ1n) is 10.5. The first kappa shape index (κ1) is 24.0. The fourth-order valence-electron chi connectivity index (χ4n) is 3.28. The predicted molar refractivity (Wildman–Crippen MR) is 134 cm³/mol. The van der Waals surface area contributed by atoms with Gasteiger partial charge in [-0.25, -0.2) is 10.2 Å². The van der Waals surface area contributed by atoms with Crippen LogP contribution in [0.3, 0.4) is 0 Å². The van der Waals surface area contributed by atoms with Crippen molar-refractivity contribution in [3.8, 4) is 11.5 Å². The molecule has 0 bridgehead atoms. The number of hydrogen-bond donors (Lipinski definition) is 1. The zero-order valence-electron chi connectivity index (χ0n) is 18.9. The number of benzene rings is 3. The first-order valence-corrected chi connectivity index (χ1v) is 11.3. The molecule has 9 heteroatoms. The summed E-state index contributed by atoms with van der Waals surface area (Å²) >= 11 is 3.41. The summed E-state index contributed by atoms with van der Waals surface area (Å²) in [4.78, 5) is 24.0. The number of hydrogen-bond acceptors (Lipinski definition) is 7. The minimum absolute atomic E-state index is 0.115. The molecule has 0 fully saturated rings. The van der Waals surface area contributed by atoms with Crippen LogP contribution < -0.4 is 14.9 Å². The Morgan fingerprint density at radius 1 is 1.06 bits per heavy atom. The van der Waals surface area contributed by atoms with Crippen LogP contribution in [0.2, 0.25) is 0 Å². The monoisotopic (exact) mass is 536 g/mol. The lowest BCUT2D eigenvalue weighted by atomic mass is 10.1. The molecule has 1 heterocycles. The minimum Gasteiger partial charge on any atom is -0.493 e. The van der Waals surface area contributed by atoms with Crippen molar-refractivity contribution in [2.24, 2.45) is 5.10 Å². The Morgan fingerprint density at radius 3 is 2.60 bits per heavy atom. The molecule has 0 saturated carbocycles. The Bertz CT molecular complexity index is 1390. The van der Waals surface area contributed by atoms with Crippen LogP contribution in [0.4, 0.5) is 0 Å². The van der Waals surface area contributed by atoms with Gasteiger partial charge in [-0.3, -0.25) is 4.79 Å². The van der Waals surface area contributed by atoms with E-state index in [-0.39, 0.29) is 11.7 Å². The van der Waals surface area contributed by atoms with Gasteiger partial charge in [0.15, 0.2) is 17.1 Å². The molecule has 178 valence electrons. The van der Waals surface area contributed by atoms with Crippen molar-refractivity contribution < 1.29 is 28.2 Å². The number of nitrogens with zero attached hydrogens (tertiary/aromatic N) is 1. The zero-order valence-corrected chi connectivity index (χ0v) is 20.5. The summed E-state index contributed by atoms with van der Waals surface area (Å²) in [5.41, 5.74) is 5.06. The van der Waals surface area contributed by atoms with Gasteiger partial charge in [-0.15, -0.1) is 0 Å². The second-order valence-corrected chi connectivity index (χ2v) is 8.30. The van der Waals surface area contributed by atoms with Crippen molar-refractivity contribution >= 4 is 45.0 Å². The van der Waals surface area contributed by atoms with E-state index in [1.54, 1.807) is 42.5 Å². The topological polar surface area (TPSA) is 99.4 Å².